The van der Waals surface area contributed by atoms with Crippen LogP contribution in [0.2, 0.25) is 5.02 Å². The van der Waals surface area contributed by atoms with E-state index in [1.807, 2.05) is 0 Å². The predicted molar refractivity (Wildman–Crippen MR) is 109 cm³/mol. The summed E-state index contributed by atoms with van der Waals surface area (Å²) in [4.78, 5) is 29.2. The third kappa shape index (κ3) is 4.14. The molecule has 1 aromatic carbocycles. The van der Waals surface area contributed by atoms with E-state index in [-0.39, 0.29) is 43.4 Å². The van der Waals surface area contributed by atoms with Crippen molar-refractivity contribution in [2.45, 2.75) is 12.6 Å². The number of ether oxygens (including phenoxy) is 1. The molecule has 3 aromatic rings. The van der Waals surface area contributed by atoms with E-state index in [9.17, 15) is 14.7 Å². The highest BCUT2D eigenvalue weighted by Gasteiger charge is 2.21. The van der Waals surface area contributed by atoms with Gasteiger partial charge >= 0.3 is 5.69 Å². The molecule has 0 fully saturated rings. The second kappa shape index (κ2) is 8.68. The summed E-state index contributed by atoms with van der Waals surface area (Å²) in [6.45, 7) is -0.0702. The summed E-state index contributed by atoms with van der Waals surface area (Å²) in [5, 5.41) is 22.9. The third-order valence-electron chi connectivity index (χ3n) is 4.40. The van der Waals surface area contributed by atoms with Crippen molar-refractivity contribution in [2.75, 3.05) is 25.1 Å². The van der Waals surface area contributed by atoms with Crippen molar-refractivity contribution in [3.63, 3.8) is 0 Å². The van der Waals surface area contributed by atoms with Crippen LogP contribution in [0.5, 0.6) is 5.75 Å². The Morgan fingerprint density at radius 3 is 2.66 bits per heavy atom. The lowest BCUT2D eigenvalue weighted by Crippen LogP contribution is -2.38. The Bertz CT molecular complexity index is 1140. The molecule has 0 aliphatic heterocycles. The van der Waals surface area contributed by atoms with Gasteiger partial charge in [-0.2, -0.15) is 4.98 Å². The molecule has 10 nitrogen and oxygen atoms in total. The van der Waals surface area contributed by atoms with Crippen molar-refractivity contribution >= 4 is 28.7 Å². The number of halogens is 1. The van der Waals surface area contributed by atoms with E-state index < -0.39 is 17.4 Å². The van der Waals surface area contributed by atoms with Gasteiger partial charge in [-0.3, -0.25) is 13.9 Å². The minimum atomic E-state index is -1.000. The number of hydrogen-bond donors (Lipinski definition) is 3. The Labute approximate surface area is 170 Å². The maximum absolute atomic E-state index is 12.7. The van der Waals surface area contributed by atoms with E-state index in [0.29, 0.717) is 10.8 Å². The molecule has 156 valence electrons. The van der Waals surface area contributed by atoms with Crippen LogP contribution >= 0.6 is 11.6 Å². The molecule has 1 unspecified atom stereocenters. The minimum Gasteiger partial charge on any atom is -0.489 e. The minimum absolute atomic E-state index is 0.0256. The summed E-state index contributed by atoms with van der Waals surface area (Å²) in [5.41, 5.74) is -0.708. The van der Waals surface area contributed by atoms with Gasteiger partial charge in [-0.05, 0) is 12.1 Å². The SMILES string of the molecule is Cn1c(=O)c2c(nc(NCCO)n2CC(O)COc2ccccc2Cl)n(C)c1=O. The van der Waals surface area contributed by atoms with Gasteiger partial charge in [-0.15, -0.1) is 0 Å². The number of aliphatic hydroxyl groups is 2. The van der Waals surface area contributed by atoms with E-state index in [4.69, 9.17) is 21.4 Å². The number of nitrogens with one attached hydrogen (secondary N) is 1. The molecule has 0 saturated carbocycles. The molecule has 3 rings (SSSR count). The first-order valence-electron chi connectivity index (χ1n) is 8.91. The van der Waals surface area contributed by atoms with Gasteiger partial charge in [-0.1, -0.05) is 23.7 Å². The van der Waals surface area contributed by atoms with E-state index in [2.05, 4.69) is 10.3 Å². The summed E-state index contributed by atoms with van der Waals surface area (Å²) in [7, 11) is 2.88. The molecule has 0 saturated heterocycles. The molecule has 0 radical (unpaired) electrons. The number of anilines is 1. The number of rotatable bonds is 8. The van der Waals surface area contributed by atoms with Crippen LogP contribution in [0, 0.1) is 0 Å². The number of imidazole rings is 1. The number of para-hydroxylation sites is 1. The molecule has 0 spiro atoms. The number of aryl methyl sites for hydroxylation is 1. The highest BCUT2D eigenvalue weighted by molar-refractivity contribution is 6.32. The van der Waals surface area contributed by atoms with Gasteiger partial charge in [0.25, 0.3) is 5.56 Å². The van der Waals surface area contributed by atoms with Crippen molar-refractivity contribution in [1.29, 1.82) is 0 Å². The fraction of sp³-hybridized carbons (Fsp3) is 0.389. The number of benzene rings is 1. The molecule has 0 aliphatic carbocycles. The topological polar surface area (TPSA) is 124 Å². The van der Waals surface area contributed by atoms with Gasteiger partial charge in [-0.25, -0.2) is 4.79 Å². The van der Waals surface area contributed by atoms with Crippen LogP contribution in [-0.2, 0) is 20.6 Å². The molecular formula is C18H22ClN5O5. The Morgan fingerprint density at radius 2 is 1.97 bits per heavy atom. The quantitative estimate of drug-likeness (QED) is 0.463. The monoisotopic (exact) mass is 423 g/mol. The highest BCUT2D eigenvalue weighted by atomic mass is 35.5. The Balaban J connectivity index is 1.95. The van der Waals surface area contributed by atoms with Gasteiger partial charge in [0.05, 0.1) is 18.2 Å². The molecule has 2 aromatic heterocycles. The molecule has 0 amide bonds. The standard InChI is InChI=1S/C18H22ClN5O5/c1-22-15-14(16(27)23(2)18(22)28)24(17(21-15)20-7-8-25)9-11(26)10-29-13-6-4-3-5-12(13)19/h3-6,11,25-26H,7-10H2,1-2H3,(H,20,21). The molecule has 2 heterocycles. The average Bonchev–Trinajstić information content (AvgIpc) is 3.06. The van der Waals surface area contributed by atoms with Gasteiger partial charge in [0.2, 0.25) is 5.95 Å². The van der Waals surface area contributed by atoms with E-state index in [1.54, 1.807) is 24.3 Å². The smallest absolute Gasteiger partial charge is 0.332 e. The summed E-state index contributed by atoms with van der Waals surface area (Å²) < 4.78 is 9.27. The maximum atomic E-state index is 12.7. The summed E-state index contributed by atoms with van der Waals surface area (Å²) in [6, 6.07) is 6.88. The fourth-order valence-corrected chi connectivity index (χ4v) is 3.13. The van der Waals surface area contributed by atoms with E-state index in [0.717, 1.165) is 4.57 Å². The second-order valence-corrected chi connectivity index (χ2v) is 6.88. The van der Waals surface area contributed by atoms with Crippen molar-refractivity contribution in [3.8, 4) is 5.75 Å². The van der Waals surface area contributed by atoms with Crippen molar-refractivity contribution in [2.24, 2.45) is 14.1 Å². The van der Waals surface area contributed by atoms with Crippen LogP contribution in [0.25, 0.3) is 11.2 Å². The number of aromatic nitrogens is 4. The lowest BCUT2D eigenvalue weighted by Gasteiger charge is -2.16. The number of aliphatic hydroxyl groups excluding tert-OH is 2. The summed E-state index contributed by atoms with van der Waals surface area (Å²) in [6.07, 6.45) is -1.000. The lowest BCUT2D eigenvalue weighted by molar-refractivity contribution is 0.0938. The first-order valence-corrected chi connectivity index (χ1v) is 9.29. The number of nitrogens with zero attached hydrogens (tertiary/aromatic N) is 4. The van der Waals surface area contributed by atoms with Crippen LogP contribution in [0.4, 0.5) is 5.95 Å². The maximum Gasteiger partial charge on any atom is 0.332 e. The molecule has 0 aliphatic rings. The van der Waals surface area contributed by atoms with E-state index in [1.165, 1.54) is 23.2 Å². The second-order valence-electron chi connectivity index (χ2n) is 6.47. The van der Waals surface area contributed by atoms with Crippen LogP contribution in [0.3, 0.4) is 0 Å². The van der Waals surface area contributed by atoms with E-state index >= 15 is 0 Å². The zero-order chi connectivity index (χ0) is 21.1. The molecule has 0 bridgehead atoms. The Morgan fingerprint density at radius 1 is 1.24 bits per heavy atom. The van der Waals surface area contributed by atoms with Crippen molar-refractivity contribution < 1.29 is 14.9 Å². The van der Waals surface area contributed by atoms with Gasteiger partial charge < -0.3 is 24.8 Å². The van der Waals surface area contributed by atoms with Crippen LogP contribution in [0.15, 0.2) is 33.9 Å². The molecule has 29 heavy (non-hydrogen) atoms. The Kier molecular flexibility index (Phi) is 6.26. The first-order chi connectivity index (χ1) is 13.8. The molecule has 11 heteroatoms. The largest absolute Gasteiger partial charge is 0.489 e. The normalized spacial score (nSPS) is 12.3. The zero-order valence-corrected chi connectivity index (χ0v) is 16.8. The average molecular weight is 424 g/mol. The first kappa shape index (κ1) is 20.9. The number of fused-ring (bicyclic) bond motifs is 1. The molecule has 1 atom stereocenters. The number of hydrogen-bond acceptors (Lipinski definition) is 7. The van der Waals surface area contributed by atoms with Crippen LogP contribution in [0.1, 0.15) is 0 Å². The van der Waals surface area contributed by atoms with Crippen molar-refractivity contribution in [1.82, 2.24) is 18.7 Å². The Hall–Kier alpha value is -2.82. The summed E-state index contributed by atoms with van der Waals surface area (Å²) >= 11 is 6.05. The summed E-state index contributed by atoms with van der Waals surface area (Å²) in [5.74, 6) is 0.685. The van der Waals surface area contributed by atoms with Crippen molar-refractivity contribution in [3.05, 3.63) is 50.1 Å². The van der Waals surface area contributed by atoms with Gasteiger partial charge in [0.15, 0.2) is 11.2 Å². The van der Waals surface area contributed by atoms with Gasteiger partial charge in [0, 0.05) is 20.6 Å². The molecular weight excluding hydrogens is 402 g/mol. The van der Waals surface area contributed by atoms with Gasteiger partial charge in [0.1, 0.15) is 18.5 Å². The molecule has 3 N–H and O–H groups in total. The highest BCUT2D eigenvalue weighted by Crippen LogP contribution is 2.23. The van der Waals surface area contributed by atoms with Crippen LogP contribution < -0.4 is 21.3 Å². The predicted octanol–water partition coefficient (Wildman–Crippen LogP) is -0.0688. The zero-order valence-electron chi connectivity index (χ0n) is 16.0. The fourth-order valence-electron chi connectivity index (χ4n) is 2.94. The third-order valence-corrected chi connectivity index (χ3v) is 4.72. The lowest BCUT2D eigenvalue weighted by atomic mass is 10.3. The van der Waals surface area contributed by atoms with Crippen LogP contribution in [-0.4, -0.2) is 54.8 Å².